The summed E-state index contributed by atoms with van der Waals surface area (Å²) in [5.74, 6) is 0. The van der Waals surface area contributed by atoms with Gasteiger partial charge in [0, 0.05) is 19.6 Å². The molecule has 1 aliphatic heterocycles. The molecule has 1 N–H and O–H groups in total. The molecule has 0 unspecified atom stereocenters. The Morgan fingerprint density at radius 3 is 2.78 bits per heavy atom. The van der Waals surface area contributed by atoms with Crippen molar-refractivity contribution >= 4 is 0 Å². The molecule has 0 saturated carbocycles. The second-order valence-electron chi connectivity index (χ2n) is 6.21. The number of hydrogen-bond donors (Lipinski definition) is 1. The van der Waals surface area contributed by atoms with E-state index in [0.29, 0.717) is 5.41 Å². The summed E-state index contributed by atoms with van der Waals surface area (Å²) in [5, 5.41) is 3.55. The van der Waals surface area contributed by atoms with Crippen molar-refractivity contribution in [1.82, 2.24) is 10.2 Å². The molecule has 1 fully saturated rings. The molecule has 1 aromatic carbocycles. The van der Waals surface area contributed by atoms with Crippen molar-refractivity contribution in [3.05, 3.63) is 35.9 Å². The number of nitrogens with one attached hydrogen (secondary N) is 1. The van der Waals surface area contributed by atoms with Crippen molar-refractivity contribution in [2.24, 2.45) is 5.41 Å². The summed E-state index contributed by atoms with van der Waals surface area (Å²) in [6.07, 6.45) is 2.44. The molecule has 2 heteroatoms. The largest absolute Gasteiger partial charge is 0.316 e. The van der Waals surface area contributed by atoms with Gasteiger partial charge in [0.15, 0.2) is 0 Å². The summed E-state index contributed by atoms with van der Waals surface area (Å²) in [4.78, 5) is 2.63. The second kappa shape index (κ2) is 6.35. The molecule has 18 heavy (non-hydrogen) atoms. The topological polar surface area (TPSA) is 15.3 Å². The smallest absolute Gasteiger partial charge is 0.00450 e. The van der Waals surface area contributed by atoms with Crippen LogP contribution in [0.1, 0.15) is 25.8 Å². The lowest BCUT2D eigenvalue weighted by molar-refractivity contribution is 0.158. The Morgan fingerprint density at radius 2 is 2.00 bits per heavy atom. The monoisotopic (exact) mass is 246 g/mol. The maximum absolute atomic E-state index is 3.55. The van der Waals surface area contributed by atoms with Crippen LogP contribution >= 0.6 is 0 Å². The van der Waals surface area contributed by atoms with Crippen LogP contribution < -0.4 is 5.32 Å². The molecule has 1 saturated heterocycles. The second-order valence-corrected chi connectivity index (χ2v) is 6.21. The van der Waals surface area contributed by atoms with Crippen molar-refractivity contribution in [1.29, 1.82) is 0 Å². The Kier molecular flexibility index (Phi) is 4.79. The van der Waals surface area contributed by atoms with E-state index in [4.69, 9.17) is 0 Å². The minimum absolute atomic E-state index is 0.386. The van der Waals surface area contributed by atoms with Crippen molar-refractivity contribution in [3.63, 3.8) is 0 Å². The maximum atomic E-state index is 3.55. The molecule has 0 aromatic heterocycles. The van der Waals surface area contributed by atoms with Crippen LogP contribution in [-0.2, 0) is 6.42 Å². The van der Waals surface area contributed by atoms with E-state index in [2.05, 4.69) is 54.4 Å². The quantitative estimate of drug-likeness (QED) is 0.882. The van der Waals surface area contributed by atoms with Crippen molar-refractivity contribution < 1.29 is 0 Å². The summed E-state index contributed by atoms with van der Waals surface area (Å²) in [6, 6.07) is 10.8. The summed E-state index contributed by atoms with van der Waals surface area (Å²) < 4.78 is 0. The lowest BCUT2D eigenvalue weighted by Gasteiger charge is -2.35. The zero-order valence-electron chi connectivity index (χ0n) is 11.8. The van der Waals surface area contributed by atoms with Gasteiger partial charge in [-0.25, -0.2) is 0 Å². The van der Waals surface area contributed by atoms with Gasteiger partial charge in [-0.3, -0.25) is 0 Å². The highest BCUT2D eigenvalue weighted by atomic mass is 15.1. The standard InChI is InChI=1S/C16H26N2/c1-16(2)13-17-10-6-11-18(14-16)12-9-15-7-4-3-5-8-15/h3-5,7-8,17H,6,9-14H2,1-2H3. The first kappa shape index (κ1) is 13.6. The lowest BCUT2D eigenvalue weighted by Crippen LogP contribution is -2.45. The number of nitrogens with zero attached hydrogens (tertiary/aromatic N) is 1. The van der Waals surface area contributed by atoms with Gasteiger partial charge in [0.25, 0.3) is 0 Å². The van der Waals surface area contributed by atoms with E-state index >= 15 is 0 Å². The number of hydrogen-bond acceptors (Lipinski definition) is 2. The Morgan fingerprint density at radius 1 is 1.22 bits per heavy atom. The van der Waals surface area contributed by atoms with Gasteiger partial charge in [-0.15, -0.1) is 0 Å². The molecule has 1 aromatic rings. The van der Waals surface area contributed by atoms with E-state index in [1.54, 1.807) is 0 Å². The van der Waals surface area contributed by atoms with Gasteiger partial charge >= 0.3 is 0 Å². The van der Waals surface area contributed by atoms with E-state index in [1.165, 1.54) is 38.0 Å². The van der Waals surface area contributed by atoms with Gasteiger partial charge in [-0.05, 0) is 36.9 Å². The van der Waals surface area contributed by atoms with E-state index < -0.39 is 0 Å². The third-order valence-corrected chi connectivity index (χ3v) is 3.64. The highest BCUT2D eigenvalue weighted by molar-refractivity contribution is 5.14. The van der Waals surface area contributed by atoms with Crippen LogP contribution in [0.25, 0.3) is 0 Å². The minimum atomic E-state index is 0.386. The fourth-order valence-corrected chi connectivity index (χ4v) is 2.72. The van der Waals surface area contributed by atoms with Crippen molar-refractivity contribution in [2.45, 2.75) is 26.7 Å². The summed E-state index contributed by atoms with van der Waals surface area (Å²) in [6.45, 7) is 10.6. The fourth-order valence-electron chi connectivity index (χ4n) is 2.72. The summed E-state index contributed by atoms with van der Waals surface area (Å²) in [7, 11) is 0. The van der Waals surface area contributed by atoms with Gasteiger partial charge in [0.2, 0.25) is 0 Å². The maximum Gasteiger partial charge on any atom is 0.00450 e. The van der Waals surface area contributed by atoms with Crippen LogP contribution in [0.15, 0.2) is 30.3 Å². The predicted octanol–water partition coefficient (Wildman–Crippen LogP) is 2.55. The molecule has 0 atom stereocenters. The van der Waals surface area contributed by atoms with Crippen molar-refractivity contribution in [3.8, 4) is 0 Å². The molecule has 0 aliphatic carbocycles. The van der Waals surface area contributed by atoms with E-state index in [9.17, 15) is 0 Å². The van der Waals surface area contributed by atoms with E-state index in [-0.39, 0.29) is 0 Å². The average Bonchev–Trinajstić information content (AvgIpc) is 2.34. The number of rotatable bonds is 3. The van der Waals surface area contributed by atoms with Gasteiger partial charge in [0.05, 0.1) is 0 Å². The minimum Gasteiger partial charge on any atom is -0.316 e. The van der Waals surface area contributed by atoms with Crippen molar-refractivity contribution in [2.75, 3.05) is 32.7 Å². The summed E-state index contributed by atoms with van der Waals surface area (Å²) >= 11 is 0. The van der Waals surface area contributed by atoms with Gasteiger partial charge < -0.3 is 10.2 Å². The molecule has 0 spiro atoms. The SMILES string of the molecule is CC1(C)CNCCCN(CCc2ccccc2)C1. The molecule has 1 aliphatic rings. The van der Waals surface area contributed by atoms with Crippen LogP contribution in [0, 0.1) is 5.41 Å². The molecule has 0 bridgehead atoms. The number of benzene rings is 1. The Hall–Kier alpha value is -0.860. The zero-order valence-corrected chi connectivity index (χ0v) is 11.8. The molecule has 2 rings (SSSR count). The molecular weight excluding hydrogens is 220 g/mol. The molecule has 100 valence electrons. The molecule has 2 nitrogen and oxygen atoms in total. The van der Waals surface area contributed by atoms with Gasteiger partial charge in [-0.1, -0.05) is 44.2 Å². The summed E-state index contributed by atoms with van der Waals surface area (Å²) in [5.41, 5.74) is 1.84. The van der Waals surface area contributed by atoms with Crippen LogP contribution in [-0.4, -0.2) is 37.6 Å². The fraction of sp³-hybridized carbons (Fsp3) is 0.625. The Balaban J connectivity index is 1.86. The molecule has 0 radical (unpaired) electrons. The molecule has 1 heterocycles. The predicted molar refractivity (Wildman–Crippen MR) is 77.9 cm³/mol. The average molecular weight is 246 g/mol. The van der Waals surface area contributed by atoms with Crippen LogP contribution in [0.5, 0.6) is 0 Å². The molecule has 0 amide bonds. The Bertz CT molecular complexity index is 345. The lowest BCUT2D eigenvalue weighted by atomic mass is 9.91. The Labute approximate surface area is 111 Å². The first-order valence-corrected chi connectivity index (χ1v) is 7.13. The first-order valence-electron chi connectivity index (χ1n) is 7.13. The zero-order chi connectivity index (χ0) is 12.8. The van der Waals surface area contributed by atoms with Crippen LogP contribution in [0.4, 0.5) is 0 Å². The third kappa shape index (κ3) is 4.43. The third-order valence-electron chi connectivity index (χ3n) is 3.64. The first-order chi connectivity index (χ1) is 8.66. The van der Waals surface area contributed by atoms with Crippen LogP contribution in [0.2, 0.25) is 0 Å². The van der Waals surface area contributed by atoms with E-state index in [0.717, 1.165) is 13.1 Å². The molecular formula is C16H26N2. The van der Waals surface area contributed by atoms with Gasteiger partial charge in [0.1, 0.15) is 0 Å². The highest BCUT2D eigenvalue weighted by Crippen LogP contribution is 2.18. The normalized spacial score (nSPS) is 21.2. The van der Waals surface area contributed by atoms with Gasteiger partial charge in [-0.2, -0.15) is 0 Å². The van der Waals surface area contributed by atoms with Crippen LogP contribution in [0.3, 0.4) is 0 Å². The van der Waals surface area contributed by atoms with E-state index in [1.807, 2.05) is 0 Å². The highest BCUT2D eigenvalue weighted by Gasteiger charge is 2.22.